The second-order valence-corrected chi connectivity index (χ2v) is 11.2. The third-order valence-electron chi connectivity index (χ3n) is 4.52. The van der Waals surface area contributed by atoms with E-state index in [2.05, 4.69) is 5.32 Å². The lowest BCUT2D eigenvalue weighted by atomic mass is 10.1. The molecule has 2 aromatic rings. The summed E-state index contributed by atoms with van der Waals surface area (Å²) in [7, 11) is -5.80. The highest BCUT2D eigenvalue weighted by Crippen LogP contribution is 2.25. The summed E-state index contributed by atoms with van der Waals surface area (Å²) in [5.74, 6) is -0.543. The first-order valence-electron chi connectivity index (χ1n) is 9.12. The van der Waals surface area contributed by atoms with Crippen molar-refractivity contribution >= 4 is 43.0 Å². The Morgan fingerprint density at radius 2 is 1.47 bits per heavy atom. The van der Waals surface area contributed by atoms with Gasteiger partial charge in [-0.3, -0.25) is 13.4 Å². The zero-order valence-corrected chi connectivity index (χ0v) is 19.5. The Labute approximate surface area is 178 Å². The maximum atomic E-state index is 12.9. The summed E-state index contributed by atoms with van der Waals surface area (Å²) in [5.41, 5.74) is 2.89. The number of amides is 1. The number of nitrogens with one attached hydrogen (secondary N) is 1. The molecule has 0 heterocycles. The molecular formula is C20H27N3O5S2. The highest BCUT2D eigenvalue weighted by atomic mass is 32.2. The highest BCUT2D eigenvalue weighted by molar-refractivity contribution is 7.92. The van der Waals surface area contributed by atoms with Crippen molar-refractivity contribution in [3.05, 3.63) is 53.6 Å². The molecule has 0 fully saturated rings. The molecule has 2 rings (SSSR count). The fourth-order valence-corrected chi connectivity index (χ4v) is 4.76. The molecule has 1 atom stereocenters. The molecule has 1 N–H and O–H groups in total. The van der Waals surface area contributed by atoms with E-state index >= 15 is 0 Å². The molecule has 0 aliphatic rings. The Hall–Kier alpha value is -2.59. The Morgan fingerprint density at radius 1 is 0.900 bits per heavy atom. The number of anilines is 3. The van der Waals surface area contributed by atoms with Gasteiger partial charge in [-0.2, -0.15) is 0 Å². The fourth-order valence-electron chi connectivity index (χ4n) is 3.10. The lowest BCUT2D eigenvalue weighted by molar-refractivity contribution is -0.116. The minimum Gasteiger partial charge on any atom is -0.324 e. The van der Waals surface area contributed by atoms with Crippen LogP contribution in [0, 0.1) is 13.8 Å². The number of hydrogen-bond donors (Lipinski definition) is 1. The van der Waals surface area contributed by atoms with Crippen molar-refractivity contribution in [2.24, 2.45) is 0 Å². The zero-order valence-electron chi connectivity index (χ0n) is 17.9. The molecule has 1 amide bonds. The molecule has 0 radical (unpaired) electrons. The molecule has 164 valence electrons. The molecule has 30 heavy (non-hydrogen) atoms. The van der Waals surface area contributed by atoms with Gasteiger partial charge in [0.1, 0.15) is 6.04 Å². The van der Waals surface area contributed by atoms with Gasteiger partial charge in [-0.1, -0.05) is 12.1 Å². The highest BCUT2D eigenvalue weighted by Gasteiger charge is 2.29. The Kier molecular flexibility index (Phi) is 6.83. The summed E-state index contributed by atoms with van der Waals surface area (Å²) in [6, 6.07) is 10.6. The molecule has 0 unspecified atom stereocenters. The summed E-state index contributed by atoms with van der Waals surface area (Å²) < 4.78 is 50.6. The van der Waals surface area contributed by atoms with Crippen molar-refractivity contribution < 1.29 is 21.6 Å². The quantitative estimate of drug-likeness (QED) is 0.694. The van der Waals surface area contributed by atoms with Crippen molar-refractivity contribution in [3.8, 4) is 0 Å². The molecule has 8 nitrogen and oxygen atoms in total. The van der Waals surface area contributed by atoms with E-state index in [1.54, 1.807) is 30.3 Å². The third-order valence-corrected chi connectivity index (χ3v) is 6.97. The maximum absolute atomic E-state index is 12.9. The molecule has 0 aliphatic heterocycles. The van der Waals surface area contributed by atoms with Gasteiger partial charge in [0.15, 0.2) is 0 Å². The van der Waals surface area contributed by atoms with E-state index in [1.165, 1.54) is 20.0 Å². The monoisotopic (exact) mass is 453 g/mol. The van der Waals surface area contributed by atoms with Crippen LogP contribution in [-0.2, 0) is 24.8 Å². The maximum Gasteiger partial charge on any atom is 0.247 e. The van der Waals surface area contributed by atoms with Crippen LogP contribution < -0.4 is 13.9 Å². The number of rotatable bonds is 7. The second-order valence-electron chi connectivity index (χ2n) is 7.35. The van der Waals surface area contributed by atoms with E-state index < -0.39 is 32.0 Å². The average Bonchev–Trinajstić information content (AvgIpc) is 2.58. The number of nitrogens with zero attached hydrogens (tertiary/aromatic N) is 2. The first kappa shape index (κ1) is 23.7. The van der Waals surface area contributed by atoms with Gasteiger partial charge in [0.25, 0.3) is 0 Å². The van der Waals surface area contributed by atoms with Crippen molar-refractivity contribution in [1.82, 2.24) is 0 Å². The van der Waals surface area contributed by atoms with Crippen molar-refractivity contribution in [2.75, 3.05) is 33.5 Å². The first-order valence-corrected chi connectivity index (χ1v) is 12.8. The van der Waals surface area contributed by atoms with Crippen molar-refractivity contribution in [2.45, 2.75) is 26.8 Å². The van der Waals surface area contributed by atoms with Crippen molar-refractivity contribution in [1.29, 1.82) is 0 Å². The third kappa shape index (κ3) is 5.73. The Morgan fingerprint density at radius 3 is 1.97 bits per heavy atom. The zero-order chi connectivity index (χ0) is 22.9. The Bertz CT molecular complexity index is 1140. The summed E-state index contributed by atoms with van der Waals surface area (Å²) in [6.07, 6.45) is 2.13. The average molecular weight is 454 g/mol. The van der Waals surface area contributed by atoms with Crippen molar-refractivity contribution in [3.63, 3.8) is 0 Å². The van der Waals surface area contributed by atoms with Crippen LogP contribution in [0.3, 0.4) is 0 Å². The van der Waals surface area contributed by atoms with Crippen LogP contribution in [0.15, 0.2) is 42.5 Å². The molecule has 0 spiro atoms. The van der Waals surface area contributed by atoms with E-state index in [1.807, 2.05) is 19.9 Å². The van der Waals surface area contributed by atoms with E-state index in [9.17, 15) is 21.6 Å². The normalized spacial score (nSPS) is 12.9. The Balaban J connectivity index is 2.35. The molecular weight excluding hydrogens is 426 g/mol. The van der Waals surface area contributed by atoms with Crippen LogP contribution in [0.2, 0.25) is 0 Å². The van der Waals surface area contributed by atoms with E-state index in [0.29, 0.717) is 17.1 Å². The van der Waals surface area contributed by atoms with Gasteiger partial charge in [0.2, 0.25) is 26.0 Å². The summed E-state index contributed by atoms with van der Waals surface area (Å²) in [5, 5.41) is 2.67. The van der Waals surface area contributed by atoms with E-state index in [-0.39, 0.29) is 0 Å². The topological polar surface area (TPSA) is 104 Å². The summed E-state index contributed by atoms with van der Waals surface area (Å²) in [6.45, 7) is 5.21. The van der Waals surface area contributed by atoms with Crippen LogP contribution in [0.5, 0.6) is 0 Å². The fraction of sp³-hybridized carbons (Fsp3) is 0.350. The molecule has 0 bridgehead atoms. The van der Waals surface area contributed by atoms with Gasteiger partial charge in [-0.05, 0) is 62.2 Å². The molecule has 2 aromatic carbocycles. The van der Waals surface area contributed by atoms with Gasteiger partial charge in [0.05, 0.1) is 23.9 Å². The summed E-state index contributed by atoms with van der Waals surface area (Å²) in [4.78, 5) is 12.9. The van der Waals surface area contributed by atoms with Crippen LogP contribution >= 0.6 is 0 Å². The van der Waals surface area contributed by atoms with Crippen LogP contribution in [0.1, 0.15) is 18.1 Å². The predicted molar refractivity (Wildman–Crippen MR) is 121 cm³/mol. The second kappa shape index (κ2) is 8.65. The number of aryl methyl sites for hydroxylation is 2. The van der Waals surface area contributed by atoms with Gasteiger partial charge in [0, 0.05) is 12.7 Å². The van der Waals surface area contributed by atoms with Crippen LogP contribution in [-0.4, -0.2) is 48.3 Å². The molecule has 0 saturated carbocycles. The predicted octanol–water partition coefficient (Wildman–Crippen LogP) is 2.49. The largest absolute Gasteiger partial charge is 0.324 e. The molecule has 0 aromatic heterocycles. The standard InChI is InChI=1S/C20H27N3O5S2/c1-14-10-15(2)12-19(11-14)23(30(6,27)28)16(3)20(24)21-17-8-7-9-18(13-17)22(4)29(5,25)26/h7-13,16H,1-6H3,(H,21,24)/t16-/m0/s1. The number of benzene rings is 2. The molecule has 10 heteroatoms. The van der Waals surface area contributed by atoms with E-state index in [4.69, 9.17) is 0 Å². The number of sulfonamides is 2. The first-order chi connectivity index (χ1) is 13.7. The lowest BCUT2D eigenvalue weighted by Gasteiger charge is -2.29. The van der Waals surface area contributed by atoms with Gasteiger partial charge < -0.3 is 5.32 Å². The summed E-state index contributed by atoms with van der Waals surface area (Å²) >= 11 is 0. The number of hydrogen-bond acceptors (Lipinski definition) is 5. The number of carbonyl (C=O) groups excluding carboxylic acids is 1. The van der Waals surface area contributed by atoms with E-state index in [0.717, 1.165) is 32.2 Å². The number of carbonyl (C=O) groups is 1. The van der Waals surface area contributed by atoms with Gasteiger partial charge in [-0.25, -0.2) is 16.8 Å². The van der Waals surface area contributed by atoms with Crippen LogP contribution in [0.4, 0.5) is 17.1 Å². The van der Waals surface area contributed by atoms with Gasteiger partial charge in [-0.15, -0.1) is 0 Å². The smallest absolute Gasteiger partial charge is 0.247 e. The molecule has 0 saturated heterocycles. The minimum absolute atomic E-state index is 0.355. The minimum atomic E-state index is -3.74. The lowest BCUT2D eigenvalue weighted by Crippen LogP contribution is -2.45. The SMILES string of the molecule is Cc1cc(C)cc(N([C@@H](C)C(=O)Nc2cccc(N(C)S(C)(=O)=O)c2)S(C)(=O)=O)c1. The van der Waals surface area contributed by atoms with Crippen LogP contribution in [0.25, 0.3) is 0 Å². The van der Waals surface area contributed by atoms with Gasteiger partial charge >= 0.3 is 0 Å². The molecule has 0 aliphatic carbocycles.